The van der Waals surface area contributed by atoms with Gasteiger partial charge in [0.25, 0.3) is 0 Å². The van der Waals surface area contributed by atoms with E-state index in [-0.39, 0.29) is 18.4 Å². The Morgan fingerprint density at radius 2 is 2.12 bits per heavy atom. The molecule has 3 unspecified atom stereocenters. The highest BCUT2D eigenvalue weighted by atomic mass is 16.5. The van der Waals surface area contributed by atoms with Crippen LogP contribution < -0.4 is 0 Å². The summed E-state index contributed by atoms with van der Waals surface area (Å²) in [6, 6.07) is 0. The Bertz CT molecular complexity index is 530. The molecule has 1 heterocycles. The van der Waals surface area contributed by atoms with E-state index in [4.69, 9.17) is 9.84 Å². The second-order valence-electron chi connectivity index (χ2n) is 7.11. The molecule has 2 rings (SSSR count). The fourth-order valence-corrected chi connectivity index (χ4v) is 3.63. The minimum atomic E-state index is -1.31. The van der Waals surface area contributed by atoms with Gasteiger partial charge >= 0.3 is 5.97 Å². The normalized spacial score (nSPS) is 28.8. The van der Waals surface area contributed by atoms with E-state index in [9.17, 15) is 15.0 Å². The third-order valence-corrected chi connectivity index (χ3v) is 5.11. The van der Waals surface area contributed by atoms with Crippen LogP contribution in [0.4, 0.5) is 0 Å². The van der Waals surface area contributed by atoms with Gasteiger partial charge in [0.2, 0.25) is 0 Å². The standard InChI is InChI=1S/C20H30O5/c1-2-3-4-6-15(21)11-9-14-10-12-19-17(14)13-16(25-19)7-5-8-18(22)20(23)24/h7,14-15,17-19,21-22H,2-6,8,10,12-13H2,1H3,(H,23,24)/t14-,15?,17+,18?,19?/m0/s1. The highest BCUT2D eigenvalue weighted by Crippen LogP contribution is 2.44. The van der Waals surface area contributed by atoms with E-state index >= 15 is 0 Å². The first-order chi connectivity index (χ1) is 12.0. The number of fused-ring (bicyclic) bond motifs is 1. The lowest BCUT2D eigenvalue weighted by atomic mass is 9.92. The number of ether oxygens (including phenoxy) is 1. The highest BCUT2D eigenvalue weighted by Gasteiger charge is 2.42. The lowest BCUT2D eigenvalue weighted by Gasteiger charge is -2.10. The number of carboxylic acid groups (broad SMARTS) is 1. The Hall–Kier alpha value is -1.51. The van der Waals surface area contributed by atoms with E-state index in [0.717, 1.165) is 50.7 Å². The van der Waals surface area contributed by atoms with Crippen LogP contribution in [0.5, 0.6) is 0 Å². The van der Waals surface area contributed by atoms with Crippen LogP contribution >= 0.6 is 0 Å². The second-order valence-corrected chi connectivity index (χ2v) is 7.11. The first kappa shape index (κ1) is 19.8. The van der Waals surface area contributed by atoms with Crippen LogP contribution in [0.3, 0.4) is 0 Å². The summed E-state index contributed by atoms with van der Waals surface area (Å²) >= 11 is 0. The molecule has 0 amide bonds. The van der Waals surface area contributed by atoms with Crippen molar-refractivity contribution in [3.8, 4) is 11.8 Å². The number of rotatable bonds is 8. The van der Waals surface area contributed by atoms with Gasteiger partial charge in [-0.05, 0) is 44.6 Å². The lowest BCUT2D eigenvalue weighted by Crippen LogP contribution is -2.18. The zero-order chi connectivity index (χ0) is 18.2. The molecule has 1 aliphatic carbocycles. The van der Waals surface area contributed by atoms with Gasteiger partial charge in [-0.2, -0.15) is 0 Å². The predicted octanol–water partition coefficient (Wildman–Crippen LogP) is 2.86. The monoisotopic (exact) mass is 350 g/mol. The van der Waals surface area contributed by atoms with Gasteiger partial charge < -0.3 is 20.1 Å². The van der Waals surface area contributed by atoms with Gasteiger partial charge in [-0.25, -0.2) is 4.79 Å². The van der Waals surface area contributed by atoms with Crippen LogP contribution in [0.15, 0.2) is 11.8 Å². The van der Waals surface area contributed by atoms with Crippen molar-refractivity contribution < 1.29 is 24.9 Å². The zero-order valence-corrected chi connectivity index (χ0v) is 15.0. The minimum absolute atomic E-state index is 0.187. The fourth-order valence-electron chi connectivity index (χ4n) is 3.63. The minimum Gasteiger partial charge on any atom is -0.495 e. The van der Waals surface area contributed by atoms with Gasteiger partial charge in [-0.3, -0.25) is 0 Å². The lowest BCUT2D eigenvalue weighted by molar-refractivity contribution is -0.146. The Balaban J connectivity index is 1.80. The Kier molecular flexibility index (Phi) is 7.80. The third-order valence-electron chi connectivity index (χ3n) is 5.11. The molecule has 2 fully saturated rings. The van der Waals surface area contributed by atoms with Crippen molar-refractivity contribution in [3.63, 3.8) is 0 Å². The summed E-state index contributed by atoms with van der Waals surface area (Å²) in [4.78, 5) is 10.6. The van der Waals surface area contributed by atoms with E-state index in [1.54, 1.807) is 0 Å². The summed E-state index contributed by atoms with van der Waals surface area (Å²) < 4.78 is 5.95. The number of unbranched alkanes of at least 4 members (excludes halogenated alkanes) is 2. The largest absolute Gasteiger partial charge is 0.495 e. The van der Waals surface area contributed by atoms with Gasteiger partial charge in [0, 0.05) is 18.3 Å². The fraction of sp³-hybridized carbons (Fsp3) is 0.750. The maximum Gasteiger partial charge on any atom is 0.332 e. The third kappa shape index (κ3) is 6.05. The molecule has 0 spiro atoms. The van der Waals surface area contributed by atoms with Gasteiger partial charge in [0.1, 0.15) is 12.2 Å². The summed E-state index contributed by atoms with van der Waals surface area (Å²) in [6.45, 7) is 2.14. The molecule has 0 aromatic heterocycles. The molecule has 5 heteroatoms. The van der Waals surface area contributed by atoms with Crippen LogP contribution in [0.2, 0.25) is 0 Å². The molecule has 0 aromatic rings. The van der Waals surface area contributed by atoms with Crippen LogP contribution in [0.25, 0.3) is 0 Å². The number of aliphatic hydroxyl groups is 2. The van der Waals surface area contributed by atoms with Crippen molar-refractivity contribution in [1.29, 1.82) is 0 Å². The van der Waals surface area contributed by atoms with E-state index in [0.29, 0.717) is 12.3 Å². The summed E-state index contributed by atoms with van der Waals surface area (Å²) in [6.07, 6.45) is 7.77. The smallest absolute Gasteiger partial charge is 0.332 e. The summed E-state index contributed by atoms with van der Waals surface area (Å²) in [7, 11) is 0. The number of carboxylic acids is 1. The molecule has 0 aromatic carbocycles. The molecular weight excluding hydrogens is 320 g/mol. The number of hydrogen-bond acceptors (Lipinski definition) is 4. The molecule has 3 N–H and O–H groups in total. The van der Waals surface area contributed by atoms with Crippen LogP contribution in [-0.2, 0) is 9.53 Å². The molecule has 5 atom stereocenters. The van der Waals surface area contributed by atoms with E-state index in [1.165, 1.54) is 0 Å². The highest BCUT2D eigenvalue weighted by molar-refractivity contribution is 5.71. The van der Waals surface area contributed by atoms with Crippen molar-refractivity contribution in [2.24, 2.45) is 11.8 Å². The summed E-state index contributed by atoms with van der Waals surface area (Å²) in [5.41, 5.74) is 0. The quantitative estimate of drug-likeness (QED) is 0.463. The Morgan fingerprint density at radius 3 is 2.84 bits per heavy atom. The van der Waals surface area contributed by atoms with Crippen LogP contribution in [-0.4, -0.2) is 39.6 Å². The molecule has 25 heavy (non-hydrogen) atoms. The average Bonchev–Trinajstić information content (AvgIpc) is 3.13. The molecule has 1 saturated carbocycles. The molecule has 5 nitrogen and oxygen atoms in total. The maximum absolute atomic E-state index is 10.6. The molecule has 1 saturated heterocycles. The van der Waals surface area contributed by atoms with Gasteiger partial charge in [-0.1, -0.05) is 31.6 Å². The van der Waals surface area contributed by atoms with Gasteiger partial charge in [0.15, 0.2) is 6.10 Å². The molecule has 0 radical (unpaired) electrons. The van der Waals surface area contributed by atoms with E-state index in [2.05, 4.69) is 18.8 Å². The van der Waals surface area contributed by atoms with Crippen molar-refractivity contribution in [1.82, 2.24) is 0 Å². The average molecular weight is 350 g/mol. The second kappa shape index (κ2) is 9.84. The topological polar surface area (TPSA) is 87.0 Å². The zero-order valence-electron chi connectivity index (χ0n) is 15.0. The van der Waals surface area contributed by atoms with Crippen molar-refractivity contribution >= 4 is 5.97 Å². The van der Waals surface area contributed by atoms with Crippen molar-refractivity contribution in [2.75, 3.05) is 0 Å². The molecule has 0 bridgehead atoms. The molecule has 2 aliphatic rings. The number of aliphatic hydroxyl groups excluding tert-OH is 2. The van der Waals surface area contributed by atoms with Gasteiger partial charge in [0.05, 0.1) is 5.76 Å². The van der Waals surface area contributed by atoms with E-state index < -0.39 is 18.2 Å². The first-order valence-corrected chi connectivity index (χ1v) is 9.47. The predicted molar refractivity (Wildman–Crippen MR) is 94.6 cm³/mol. The number of carbonyl (C=O) groups is 1. The van der Waals surface area contributed by atoms with Gasteiger partial charge in [-0.15, -0.1) is 0 Å². The molecule has 1 aliphatic heterocycles. The first-order valence-electron chi connectivity index (χ1n) is 9.47. The summed E-state index contributed by atoms with van der Waals surface area (Å²) in [5.74, 6) is 6.62. The number of allylic oxidation sites excluding steroid dienone is 2. The summed E-state index contributed by atoms with van der Waals surface area (Å²) in [5, 5.41) is 27.9. The molecule has 140 valence electrons. The van der Waals surface area contributed by atoms with E-state index in [1.807, 2.05) is 6.08 Å². The molecular formula is C20H30O5. The van der Waals surface area contributed by atoms with Crippen LogP contribution in [0.1, 0.15) is 64.7 Å². The van der Waals surface area contributed by atoms with Crippen LogP contribution in [0, 0.1) is 23.7 Å². The number of aliphatic carboxylic acids is 1. The SMILES string of the molecule is CCCCCC(O)C#C[C@H]1CCC2OC(=CCCC(O)C(=O)O)C[C@@H]21. The van der Waals surface area contributed by atoms with Crippen molar-refractivity contribution in [3.05, 3.63) is 11.8 Å². The maximum atomic E-state index is 10.6. The number of hydrogen-bond donors (Lipinski definition) is 3. The Morgan fingerprint density at radius 1 is 1.32 bits per heavy atom. The van der Waals surface area contributed by atoms with Crippen molar-refractivity contribution in [2.45, 2.75) is 83.0 Å². The Labute approximate surface area is 150 Å².